The van der Waals surface area contributed by atoms with Crippen molar-refractivity contribution in [3.63, 3.8) is 0 Å². The van der Waals surface area contributed by atoms with Gasteiger partial charge in [-0.05, 0) is 50.2 Å². The number of phosphoric ester groups is 1. The lowest BCUT2D eigenvalue weighted by Gasteiger charge is -2.23. The molecule has 0 aliphatic heterocycles. The topological polar surface area (TPSA) is 151 Å². The van der Waals surface area contributed by atoms with Crippen molar-refractivity contribution in [2.45, 2.75) is 74.3 Å². The molecule has 0 aromatic heterocycles. The second kappa shape index (κ2) is 13.8. The van der Waals surface area contributed by atoms with Crippen LogP contribution in [0.2, 0.25) is 0 Å². The van der Waals surface area contributed by atoms with Crippen molar-refractivity contribution < 1.29 is 42.8 Å². The second-order valence-corrected chi connectivity index (χ2v) is 11.9. The predicted molar refractivity (Wildman–Crippen MR) is 134 cm³/mol. The van der Waals surface area contributed by atoms with E-state index in [2.05, 4.69) is 0 Å². The highest BCUT2D eigenvalue weighted by atomic mass is 32.2. The Morgan fingerprint density at radius 2 is 1.92 bits per heavy atom. The van der Waals surface area contributed by atoms with Crippen LogP contribution in [0, 0.1) is 11.8 Å². The van der Waals surface area contributed by atoms with Crippen LogP contribution in [0.25, 0.3) is 0 Å². The van der Waals surface area contributed by atoms with E-state index in [1.54, 1.807) is 30.3 Å². The van der Waals surface area contributed by atoms with Crippen molar-refractivity contribution >= 4 is 24.6 Å². The molecule has 0 amide bonds. The van der Waals surface area contributed by atoms with Crippen LogP contribution in [0.15, 0.2) is 59.5 Å². The van der Waals surface area contributed by atoms with Crippen molar-refractivity contribution in [3.05, 3.63) is 54.6 Å². The maximum Gasteiger partial charge on any atom is 0.469 e. The van der Waals surface area contributed by atoms with Gasteiger partial charge in [0.1, 0.15) is 6.10 Å². The first-order chi connectivity index (χ1) is 17.1. The fourth-order valence-electron chi connectivity index (χ4n) is 4.28. The Hall–Kier alpha value is -1.65. The lowest BCUT2D eigenvalue weighted by atomic mass is 9.89. The van der Waals surface area contributed by atoms with Crippen molar-refractivity contribution in [2.75, 3.05) is 5.75 Å². The van der Waals surface area contributed by atoms with Crippen molar-refractivity contribution in [2.24, 2.45) is 11.8 Å². The Morgan fingerprint density at radius 3 is 2.58 bits per heavy atom. The molecular formula is C25H35O9PS. The van der Waals surface area contributed by atoms with Crippen LogP contribution in [-0.2, 0) is 29.4 Å². The number of benzene rings is 1. The summed E-state index contributed by atoms with van der Waals surface area (Å²) in [5.41, 5.74) is 0. The molecule has 3 rings (SSSR count). The van der Waals surface area contributed by atoms with Gasteiger partial charge in [0.25, 0.3) is 0 Å². The number of allylic oxidation sites excluding steroid dienone is 2. The van der Waals surface area contributed by atoms with Crippen LogP contribution < -0.4 is 0 Å². The van der Waals surface area contributed by atoms with E-state index >= 15 is 0 Å². The number of carbonyl (C=O) groups is 1. The summed E-state index contributed by atoms with van der Waals surface area (Å²) in [7, 11) is -6.17. The highest BCUT2D eigenvalue weighted by Gasteiger charge is 2.43. The van der Waals surface area contributed by atoms with E-state index in [0.717, 1.165) is 12.8 Å². The first kappa shape index (κ1) is 28.9. The zero-order valence-corrected chi connectivity index (χ0v) is 21.7. The van der Waals surface area contributed by atoms with Gasteiger partial charge in [-0.1, -0.05) is 42.5 Å². The number of esters is 1. The molecule has 2 aliphatic rings. The van der Waals surface area contributed by atoms with Gasteiger partial charge < -0.3 is 24.7 Å². The number of ether oxygens (including phenoxy) is 1. The van der Waals surface area contributed by atoms with E-state index < -0.39 is 48.8 Å². The van der Waals surface area contributed by atoms with Crippen LogP contribution in [0.5, 0.6) is 0 Å². The number of hydrogen-bond donors (Lipinski definition) is 4. The fourth-order valence-corrected chi connectivity index (χ4v) is 5.95. The zero-order valence-electron chi connectivity index (χ0n) is 20.0. The largest absolute Gasteiger partial charge is 0.469 e. The fraction of sp³-hybridized carbons (Fsp3) is 0.560. The molecule has 0 radical (unpaired) electrons. The molecule has 0 spiro atoms. The maximum atomic E-state index is 12.4. The average Bonchev–Trinajstić information content (AvgIpc) is 3.57. The molecule has 0 bridgehead atoms. The Morgan fingerprint density at radius 1 is 1.19 bits per heavy atom. The monoisotopic (exact) mass is 542 g/mol. The van der Waals surface area contributed by atoms with Gasteiger partial charge in [0.15, 0.2) is 0 Å². The third-order valence-electron chi connectivity index (χ3n) is 6.20. The summed E-state index contributed by atoms with van der Waals surface area (Å²) >= 11 is 0. The van der Waals surface area contributed by atoms with E-state index in [-0.39, 0.29) is 24.2 Å². The number of rotatable bonds is 14. The summed E-state index contributed by atoms with van der Waals surface area (Å²) in [5, 5.41) is 21.0. The summed E-state index contributed by atoms with van der Waals surface area (Å²) in [4.78, 5) is 30.9. The molecule has 9 nitrogen and oxygen atoms in total. The summed E-state index contributed by atoms with van der Waals surface area (Å²) < 4.78 is 34.1. The zero-order chi connectivity index (χ0) is 26.1. The number of carbonyl (C=O) groups excluding carboxylic acids is 1. The quantitative estimate of drug-likeness (QED) is 0.120. The number of unbranched alkanes of at least 4 members (excludes halogenated alkanes) is 1. The Kier molecular flexibility index (Phi) is 11.1. The normalized spacial score (nSPS) is 26.4. The molecule has 6 atom stereocenters. The summed E-state index contributed by atoms with van der Waals surface area (Å²) in [5.74, 6) is -1.16. The molecule has 36 heavy (non-hydrogen) atoms. The molecule has 2 saturated carbocycles. The van der Waals surface area contributed by atoms with Gasteiger partial charge in [0.05, 0.1) is 34.9 Å². The SMILES string of the molecule is O=C(CCC/C=C\C[C@@H]1C(/C=C/[C@@H](O)CS(=O)c2ccccc2)[C@H](O)C[C@@H]1OP(=O)(O)O)OC1CC1. The van der Waals surface area contributed by atoms with Gasteiger partial charge in [-0.15, -0.1) is 0 Å². The molecule has 1 aromatic rings. The molecule has 0 heterocycles. The highest BCUT2D eigenvalue weighted by molar-refractivity contribution is 7.85. The minimum absolute atomic E-state index is 0.0144. The van der Waals surface area contributed by atoms with Crippen molar-refractivity contribution in [3.8, 4) is 0 Å². The lowest BCUT2D eigenvalue weighted by Crippen LogP contribution is -2.22. The Labute approximate surface area is 213 Å². The molecular weight excluding hydrogens is 507 g/mol. The van der Waals surface area contributed by atoms with E-state index in [1.165, 1.54) is 6.08 Å². The molecule has 11 heteroatoms. The predicted octanol–water partition coefficient (Wildman–Crippen LogP) is 3.01. The van der Waals surface area contributed by atoms with Gasteiger partial charge in [-0.2, -0.15) is 0 Å². The molecule has 2 aliphatic carbocycles. The van der Waals surface area contributed by atoms with Crippen LogP contribution in [0.3, 0.4) is 0 Å². The lowest BCUT2D eigenvalue weighted by molar-refractivity contribution is -0.144. The third-order valence-corrected chi connectivity index (χ3v) is 8.18. The Balaban J connectivity index is 1.55. The number of hydrogen-bond acceptors (Lipinski definition) is 7. The van der Waals surface area contributed by atoms with E-state index in [4.69, 9.17) is 9.26 Å². The van der Waals surface area contributed by atoms with Crippen LogP contribution in [-0.4, -0.2) is 60.3 Å². The van der Waals surface area contributed by atoms with Gasteiger partial charge in [-0.25, -0.2) is 4.57 Å². The van der Waals surface area contributed by atoms with Gasteiger partial charge in [-0.3, -0.25) is 13.5 Å². The number of aliphatic hydroxyl groups is 2. The molecule has 0 saturated heterocycles. The highest BCUT2D eigenvalue weighted by Crippen LogP contribution is 2.47. The van der Waals surface area contributed by atoms with E-state index in [1.807, 2.05) is 18.2 Å². The standard InChI is InChI=1S/C25H35O9PS/c26-18(17-36(32)20-8-4-3-5-9-20)12-15-21-22(24(16-23(21)27)34-35(29,30)31)10-6-1-2-7-11-25(28)33-19-13-14-19/h1,3-6,8-9,12,15,18-19,21-24,26-27H,2,7,10-11,13-14,16-17H2,(H2,29,30,31)/b6-1-,15-12+/t18-,21?,22-,23-,24+,36?/m1/s1. The van der Waals surface area contributed by atoms with Crippen LogP contribution in [0.4, 0.5) is 0 Å². The number of aliphatic hydroxyl groups excluding tert-OH is 2. The minimum atomic E-state index is -4.76. The van der Waals surface area contributed by atoms with Crippen LogP contribution in [0.1, 0.15) is 44.9 Å². The summed E-state index contributed by atoms with van der Waals surface area (Å²) in [6.07, 6.45) is 8.02. The van der Waals surface area contributed by atoms with Crippen LogP contribution >= 0.6 is 7.82 Å². The van der Waals surface area contributed by atoms with E-state index in [0.29, 0.717) is 30.6 Å². The van der Waals surface area contributed by atoms with E-state index in [9.17, 15) is 33.6 Å². The maximum absolute atomic E-state index is 12.4. The number of phosphoric acid groups is 1. The minimum Gasteiger partial charge on any atom is -0.462 e. The molecule has 200 valence electrons. The van der Waals surface area contributed by atoms with Gasteiger partial charge in [0, 0.05) is 23.7 Å². The average molecular weight is 543 g/mol. The molecule has 1 aromatic carbocycles. The third kappa shape index (κ3) is 10.0. The first-order valence-electron chi connectivity index (χ1n) is 12.2. The molecule has 4 N–H and O–H groups in total. The summed E-state index contributed by atoms with van der Waals surface area (Å²) in [6.45, 7) is 0. The Bertz CT molecular complexity index is 973. The van der Waals surface area contributed by atoms with Crippen molar-refractivity contribution in [1.82, 2.24) is 0 Å². The molecule has 2 fully saturated rings. The smallest absolute Gasteiger partial charge is 0.462 e. The van der Waals surface area contributed by atoms with Gasteiger partial charge in [0.2, 0.25) is 0 Å². The van der Waals surface area contributed by atoms with Crippen molar-refractivity contribution in [1.29, 1.82) is 0 Å². The summed E-state index contributed by atoms with van der Waals surface area (Å²) in [6, 6.07) is 8.78. The van der Waals surface area contributed by atoms with Gasteiger partial charge >= 0.3 is 13.8 Å². The first-order valence-corrected chi connectivity index (χ1v) is 15.0. The second-order valence-electron chi connectivity index (χ2n) is 9.24. The molecule has 2 unspecified atom stereocenters.